The van der Waals surface area contributed by atoms with Crippen LogP contribution < -0.4 is 16.4 Å². The van der Waals surface area contributed by atoms with Gasteiger partial charge in [0, 0.05) is 11.3 Å². The van der Waals surface area contributed by atoms with E-state index in [1.807, 2.05) is 0 Å². The Hall–Kier alpha value is -4.54. The van der Waals surface area contributed by atoms with Crippen LogP contribution >= 0.6 is 0 Å². The second-order valence-corrected chi connectivity index (χ2v) is 8.70. The van der Waals surface area contributed by atoms with Crippen molar-refractivity contribution < 1.29 is 19.1 Å². The maximum Gasteiger partial charge on any atom is 0.408 e. The van der Waals surface area contributed by atoms with Gasteiger partial charge in [-0.05, 0) is 57.2 Å². The molecule has 0 fully saturated rings. The molecule has 2 aromatic carbocycles. The smallest absolute Gasteiger partial charge is 0.408 e. The molecule has 35 heavy (non-hydrogen) atoms. The number of anilines is 1. The van der Waals surface area contributed by atoms with Gasteiger partial charge in [0.25, 0.3) is 0 Å². The van der Waals surface area contributed by atoms with Gasteiger partial charge in [-0.2, -0.15) is 0 Å². The van der Waals surface area contributed by atoms with E-state index in [0.717, 1.165) is 0 Å². The van der Waals surface area contributed by atoms with Crippen molar-refractivity contribution in [3.63, 3.8) is 0 Å². The molecule has 11 heteroatoms. The van der Waals surface area contributed by atoms with E-state index in [9.17, 15) is 14.4 Å². The summed E-state index contributed by atoms with van der Waals surface area (Å²) in [5, 5.41) is 20.7. The van der Waals surface area contributed by atoms with E-state index in [2.05, 4.69) is 15.6 Å². The number of imidazole rings is 1. The Morgan fingerprint density at radius 2 is 1.71 bits per heavy atom. The zero-order chi connectivity index (χ0) is 25.8. The molecule has 0 bridgehead atoms. The Morgan fingerprint density at radius 3 is 2.34 bits per heavy atom. The number of nitrogens with zero attached hydrogens (tertiary/aromatic N) is 2. The van der Waals surface area contributed by atoms with Gasteiger partial charge in [-0.15, -0.1) is 0 Å². The fourth-order valence-electron chi connectivity index (χ4n) is 3.19. The summed E-state index contributed by atoms with van der Waals surface area (Å²) in [4.78, 5) is 41.1. The number of nitrogens with two attached hydrogens (primary N) is 1. The van der Waals surface area contributed by atoms with Gasteiger partial charge in [-0.1, -0.05) is 12.1 Å². The van der Waals surface area contributed by atoms with E-state index in [1.165, 1.54) is 0 Å². The standard InChI is InChI=1S/C24H27N7O4/c1-24(2,3)35-23(34)28-12-19(33)29-15-10-8-14(9-11-15)18(32)13-31-17-7-5-4-6-16(17)30-22(31)20(25)21(26)27/h4-11,25H,12-13H2,1-3H3,(H3,26,27)(H,28,34)(H,29,33). The number of ether oxygens (including phenoxy) is 1. The minimum Gasteiger partial charge on any atom is -0.444 e. The van der Waals surface area contributed by atoms with Crippen LogP contribution in [0.4, 0.5) is 10.5 Å². The molecule has 182 valence electrons. The van der Waals surface area contributed by atoms with E-state index < -0.39 is 23.4 Å². The Morgan fingerprint density at radius 1 is 1.06 bits per heavy atom. The topological polar surface area (TPSA) is 176 Å². The number of hydrogen-bond acceptors (Lipinski definition) is 7. The van der Waals surface area contributed by atoms with Gasteiger partial charge in [0.05, 0.1) is 17.6 Å². The molecule has 2 amide bonds. The van der Waals surface area contributed by atoms with Gasteiger partial charge >= 0.3 is 6.09 Å². The highest BCUT2D eigenvalue weighted by atomic mass is 16.6. The molecule has 0 saturated heterocycles. The summed E-state index contributed by atoms with van der Waals surface area (Å²) in [6.45, 7) is 4.78. The first-order valence-corrected chi connectivity index (χ1v) is 10.7. The van der Waals surface area contributed by atoms with Crippen LogP contribution in [0.1, 0.15) is 37.0 Å². The summed E-state index contributed by atoms with van der Waals surface area (Å²) in [5.41, 5.74) is 6.59. The quantitative estimate of drug-likeness (QED) is 0.189. The van der Waals surface area contributed by atoms with Crippen LogP contribution in [-0.4, -0.2) is 51.0 Å². The van der Waals surface area contributed by atoms with Gasteiger partial charge in [0.1, 0.15) is 23.7 Å². The molecule has 0 spiro atoms. The number of amidine groups is 1. The zero-order valence-corrected chi connectivity index (χ0v) is 19.6. The summed E-state index contributed by atoms with van der Waals surface area (Å²) in [5.74, 6) is -1.02. The molecule has 1 aromatic heterocycles. The van der Waals surface area contributed by atoms with E-state index in [0.29, 0.717) is 22.3 Å². The number of hydrogen-bond donors (Lipinski definition) is 5. The van der Waals surface area contributed by atoms with Crippen molar-refractivity contribution in [3.05, 3.63) is 59.9 Å². The molecule has 0 aliphatic rings. The zero-order valence-electron chi connectivity index (χ0n) is 19.6. The fraction of sp³-hybridized carbons (Fsp3) is 0.250. The minimum atomic E-state index is -0.696. The highest BCUT2D eigenvalue weighted by Gasteiger charge is 2.20. The molecule has 1 heterocycles. The molecule has 3 rings (SSSR count). The predicted octanol–water partition coefficient (Wildman–Crippen LogP) is 2.69. The van der Waals surface area contributed by atoms with Gasteiger partial charge in [0.15, 0.2) is 11.6 Å². The first kappa shape index (κ1) is 25.1. The maximum atomic E-state index is 13.0. The van der Waals surface area contributed by atoms with Crippen LogP contribution in [0.3, 0.4) is 0 Å². The number of aromatic nitrogens is 2. The normalized spacial score (nSPS) is 11.1. The number of carbonyl (C=O) groups excluding carboxylic acids is 3. The molecule has 11 nitrogen and oxygen atoms in total. The van der Waals surface area contributed by atoms with E-state index in [4.69, 9.17) is 21.3 Å². The Labute approximate surface area is 201 Å². The number of rotatable bonds is 8. The van der Waals surface area contributed by atoms with Gasteiger partial charge < -0.3 is 25.7 Å². The lowest BCUT2D eigenvalue weighted by Crippen LogP contribution is -2.37. The second kappa shape index (κ2) is 10.2. The number of carbonyl (C=O) groups is 3. The van der Waals surface area contributed by atoms with Gasteiger partial charge in [0.2, 0.25) is 5.91 Å². The number of nitrogens with one attached hydrogen (secondary N) is 4. The lowest BCUT2D eigenvalue weighted by Gasteiger charge is -2.19. The van der Waals surface area contributed by atoms with Crippen LogP contribution in [0, 0.1) is 10.8 Å². The first-order valence-electron chi connectivity index (χ1n) is 10.7. The average molecular weight is 478 g/mol. The molecule has 0 aliphatic carbocycles. The molecule has 0 radical (unpaired) electrons. The van der Waals surface area contributed by atoms with Crippen molar-refractivity contribution in [1.29, 1.82) is 10.8 Å². The van der Waals surface area contributed by atoms with Crippen LogP contribution in [0.2, 0.25) is 0 Å². The monoisotopic (exact) mass is 477 g/mol. The lowest BCUT2D eigenvalue weighted by atomic mass is 10.1. The highest BCUT2D eigenvalue weighted by Crippen LogP contribution is 2.18. The Bertz CT molecular complexity index is 1300. The van der Waals surface area contributed by atoms with Crippen molar-refractivity contribution in [1.82, 2.24) is 14.9 Å². The lowest BCUT2D eigenvalue weighted by molar-refractivity contribution is -0.115. The minimum absolute atomic E-state index is 0.114. The van der Waals surface area contributed by atoms with Crippen LogP contribution in [0.15, 0.2) is 48.5 Å². The van der Waals surface area contributed by atoms with Crippen LogP contribution in [0.5, 0.6) is 0 Å². The van der Waals surface area contributed by atoms with Crippen molar-refractivity contribution in [3.8, 4) is 0 Å². The summed E-state index contributed by atoms with van der Waals surface area (Å²) in [7, 11) is 0. The van der Waals surface area contributed by atoms with E-state index >= 15 is 0 Å². The third-order valence-electron chi connectivity index (χ3n) is 4.73. The Balaban J connectivity index is 1.67. The number of benzene rings is 2. The summed E-state index contributed by atoms with van der Waals surface area (Å²) < 4.78 is 6.64. The molecule has 0 unspecified atom stereocenters. The van der Waals surface area contributed by atoms with Crippen LogP contribution in [-0.2, 0) is 16.1 Å². The average Bonchev–Trinajstić information content (AvgIpc) is 3.14. The first-order chi connectivity index (χ1) is 16.4. The summed E-state index contributed by atoms with van der Waals surface area (Å²) in [6, 6.07) is 13.4. The Kier molecular flexibility index (Phi) is 7.28. The molecule has 0 atom stereocenters. The predicted molar refractivity (Wildman–Crippen MR) is 132 cm³/mol. The molecule has 0 saturated carbocycles. The van der Waals surface area contributed by atoms with Crippen molar-refractivity contribution in [2.45, 2.75) is 32.9 Å². The molecule has 6 N–H and O–H groups in total. The molecule has 3 aromatic rings. The second-order valence-electron chi connectivity index (χ2n) is 8.70. The molecular formula is C24H27N7O4. The van der Waals surface area contributed by atoms with E-state index in [-0.39, 0.29) is 30.4 Å². The van der Waals surface area contributed by atoms with Crippen molar-refractivity contribution in [2.24, 2.45) is 5.73 Å². The number of para-hydroxylation sites is 2. The highest BCUT2D eigenvalue weighted by molar-refractivity contribution is 6.44. The number of Topliss-reactive ketones (excluding diaryl/α,β-unsaturated/α-hetero) is 1. The third kappa shape index (κ3) is 6.50. The van der Waals surface area contributed by atoms with Gasteiger partial charge in [-0.25, -0.2) is 9.78 Å². The number of alkyl carbamates (subject to hydrolysis) is 1. The number of ketones is 1. The molecular weight excluding hydrogens is 450 g/mol. The summed E-state index contributed by atoms with van der Waals surface area (Å²) >= 11 is 0. The molecule has 0 aliphatic heterocycles. The van der Waals surface area contributed by atoms with E-state index in [1.54, 1.807) is 73.9 Å². The third-order valence-corrected chi connectivity index (χ3v) is 4.73. The van der Waals surface area contributed by atoms with Crippen molar-refractivity contribution in [2.75, 3.05) is 11.9 Å². The summed E-state index contributed by atoms with van der Waals surface area (Å²) in [6.07, 6.45) is -0.696. The fourth-order valence-corrected chi connectivity index (χ4v) is 3.19. The maximum absolute atomic E-state index is 13.0. The largest absolute Gasteiger partial charge is 0.444 e. The van der Waals surface area contributed by atoms with Crippen LogP contribution in [0.25, 0.3) is 11.0 Å². The van der Waals surface area contributed by atoms with Gasteiger partial charge in [-0.3, -0.25) is 20.4 Å². The SMILES string of the molecule is CC(C)(C)OC(=O)NCC(=O)Nc1ccc(C(=O)Cn2c(C(=N)C(=N)N)nc3ccccc32)cc1. The number of fused-ring (bicyclic) bond motifs is 1. The van der Waals surface area contributed by atoms with Crippen molar-refractivity contribution >= 4 is 46.1 Å². The number of amides is 2.